The molecule has 0 spiro atoms. The van der Waals surface area contributed by atoms with Crippen LogP contribution in [0.5, 0.6) is 0 Å². The second-order valence-electron chi connectivity index (χ2n) is 5.51. The van der Waals surface area contributed by atoms with Gasteiger partial charge in [0, 0.05) is 11.6 Å². The minimum absolute atomic E-state index is 0.00328. The van der Waals surface area contributed by atoms with E-state index in [9.17, 15) is 4.79 Å². The predicted molar refractivity (Wildman–Crippen MR) is 73.3 cm³/mol. The van der Waals surface area contributed by atoms with Gasteiger partial charge in [0.25, 0.3) is 0 Å². The van der Waals surface area contributed by atoms with Crippen LogP contribution >= 0.6 is 0 Å². The predicted octanol–water partition coefficient (Wildman–Crippen LogP) is 1.97. The third-order valence-corrected chi connectivity index (χ3v) is 4.10. The monoisotopic (exact) mass is 256 g/mol. The van der Waals surface area contributed by atoms with Crippen molar-refractivity contribution in [2.75, 3.05) is 6.61 Å². The first-order chi connectivity index (χ1) is 8.50. The molecule has 1 unspecified atom stereocenters. The first-order valence-corrected chi connectivity index (χ1v) is 7.21. The fourth-order valence-electron chi connectivity index (χ4n) is 2.21. The van der Waals surface area contributed by atoms with E-state index < -0.39 is 6.10 Å². The lowest BCUT2D eigenvalue weighted by molar-refractivity contribution is -0.133. The molecule has 0 heterocycles. The molecular formula is C14H28N2O2. The second kappa shape index (κ2) is 7.10. The quantitative estimate of drug-likeness (QED) is 0.732. The Labute approximate surface area is 111 Å². The van der Waals surface area contributed by atoms with Crippen LogP contribution < -0.4 is 11.1 Å². The normalized spacial score (nSPS) is 18.9. The summed E-state index contributed by atoms with van der Waals surface area (Å²) >= 11 is 0. The van der Waals surface area contributed by atoms with Crippen molar-refractivity contribution in [3.63, 3.8) is 0 Å². The van der Waals surface area contributed by atoms with Crippen molar-refractivity contribution in [2.24, 2.45) is 5.73 Å². The second-order valence-corrected chi connectivity index (χ2v) is 5.51. The SMILES string of the molecule is CCC(N)(CC)COC(C)C(=O)NC1CCCC1. The lowest BCUT2D eigenvalue weighted by atomic mass is 9.95. The van der Waals surface area contributed by atoms with E-state index in [0.717, 1.165) is 25.7 Å². The summed E-state index contributed by atoms with van der Waals surface area (Å²) in [5.74, 6) is -0.00328. The molecule has 1 aliphatic rings. The van der Waals surface area contributed by atoms with E-state index in [2.05, 4.69) is 19.2 Å². The van der Waals surface area contributed by atoms with Crippen LogP contribution in [0, 0.1) is 0 Å². The maximum Gasteiger partial charge on any atom is 0.249 e. The van der Waals surface area contributed by atoms with Gasteiger partial charge in [-0.3, -0.25) is 4.79 Å². The minimum atomic E-state index is -0.411. The highest BCUT2D eigenvalue weighted by molar-refractivity contribution is 5.80. The smallest absolute Gasteiger partial charge is 0.249 e. The highest BCUT2D eigenvalue weighted by Gasteiger charge is 2.25. The molecular weight excluding hydrogens is 228 g/mol. The van der Waals surface area contributed by atoms with Crippen molar-refractivity contribution in [2.45, 2.75) is 77.0 Å². The number of amides is 1. The van der Waals surface area contributed by atoms with Gasteiger partial charge in [-0.05, 0) is 32.6 Å². The van der Waals surface area contributed by atoms with Crippen LogP contribution in [0.1, 0.15) is 59.3 Å². The molecule has 1 saturated carbocycles. The number of ether oxygens (including phenoxy) is 1. The van der Waals surface area contributed by atoms with Gasteiger partial charge < -0.3 is 15.8 Å². The summed E-state index contributed by atoms with van der Waals surface area (Å²) < 4.78 is 5.62. The van der Waals surface area contributed by atoms with Gasteiger partial charge in [0.1, 0.15) is 6.10 Å². The fourth-order valence-corrected chi connectivity index (χ4v) is 2.21. The van der Waals surface area contributed by atoms with Gasteiger partial charge in [-0.25, -0.2) is 0 Å². The fraction of sp³-hybridized carbons (Fsp3) is 0.929. The van der Waals surface area contributed by atoms with E-state index in [0.29, 0.717) is 12.6 Å². The number of carbonyl (C=O) groups excluding carboxylic acids is 1. The van der Waals surface area contributed by atoms with Gasteiger partial charge in [-0.2, -0.15) is 0 Å². The minimum Gasteiger partial charge on any atom is -0.367 e. The highest BCUT2D eigenvalue weighted by Crippen LogP contribution is 2.18. The van der Waals surface area contributed by atoms with Crippen molar-refractivity contribution in [3.05, 3.63) is 0 Å². The van der Waals surface area contributed by atoms with Gasteiger partial charge in [-0.15, -0.1) is 0 Å². The summed E-state index contributed by atoms with van der Waals surface area (Å²) in [5.41, 5.74) is 5.85. The van der Waals surface area contributed by atoms with Crippen LogP contribution in [0.4, 0.5) is 0 Å². The Morgan fingerprint density at radius 3 is 2.44 bits per heavy atom. The summed E-state index contributed by atoms with van der Waals surface area (Å²) in [6, 6.07) is 0.350. The molecule has 0 aromatic carbocycles. The zero-order chi connectivity index (χ0) is 13.6. The molecule has 3 N–H and O–H groups in total. The maximum absolute atomic E-state index is 11.9. The third-order valence-electron chi connectivity index (χ3n) is 4.10. The molecule has 18 heavy (non-hydrogen) atoms. The largest absolute Gasteiger partial charge is 0.367 e. The highest BCUT2D eigenvalue weighted by atomic mass is 16.5. The summed E-state index contributed by atoms with van der Waals surface area (Å²) in [4.78, 5) is 11.9. The molecule has 1 amide bonds. The van der Waals surface area contributed by atoms with Gasteiger partial charge in [-0.1, -0.05) is 26.7 Å². The standard InChI is InChI=1S/C14H28N2O2/c1-4-14(15,5-2)10-18-11(3)13(17)16-12-8-6-7-9-12/h11-12H,4-10,15H2,1-3H3,(H,16,17). The molecule has 0 saturated heterocycles. The van der Waals surface area contributed by atoms with Crippen molar-refractivity contribution >= 4 is 5.91 Å². The van der Waals surface area contributed by atoms with Crippen LogP contribution in [0.15, 0.2) is 0 Å². The van der Waals surface area contributed by atoms with Crippen molar-refractivity contribution in [3.8, 4) is 0 Å². The zero-order valence-corrected chi connectivity index (χ0v) is 12.0. The van der Waals surface area contributed by atoms with Gasteiger partial charge in [0.05, 0.1) is 6.61 Å². The van der Waals surface area contributed by atoms with Crippen molar-refractivity contribution < 1.29 is 9.53 Å². The average molecular weight is 256 g/mol. The molecule has 0 radical (unpaired) electrons. The van der Waals surface area contributed by atoms with E-state index in [1.54, 1.807) is 6.92 Å². The lowest BCUT2D eigenvalue weighted by Gasteiger charge is -2.28. The van der Waals surface area contributed by atoms with Crippen LogP contribution in [-0.4, -0.2) is 30.2 Å². The van der Waals surface area contributed by atoms with Crippen LogP contribution in [-0.2, 0) is 9.53 Å². The number of nitrogens with one attached hydrogen (secondary N) is 1. The molecule has 0 bridgehead atoms. The van der Waals surface area contributed by atoms with Crippen LogP contribution in [0.3, 0.4) is 0 Å². The van der Waals surface area contributed by atoms with Crippen molar-refractivity contribution in [1.29, 1.82) is 0 Å². The van der Waals surface area contributed by atoms with E-state index in [1.807, 2.05) is 0 Å². The summed E-state index contributed by atoms with van der Waals surface area (Å²) in [6.07, 6.45) is 5.95. The summed E-state index contributed by atoms with van der Waals surface area (Å²) in [5, 5.41) is 3.05. The van der Waals surface area contributed by atoms with Gasteiger partial charge in [0.15, 0.2) is 0 Å². The Kier molecular flexibility index (Phi) is 6.09. The van der Waals surface area contributed by atoms with Gasteiger partial charge >= 0.3 is 0 Å². The van der Waals surface area contributed by atoms with E-state index >= 15 is 0 Å². The Morgan fingerprint density at radius 2 is 1.94 bits per heavy atom. The van der Waals surface area contributed by atoms with Gasteiger partial charge in [0.2, 0.25) is 5.91 Å². The Morgan fingerprint density at radius 1 is 1.39 bits per heavy atom. The number of carbonyl (C=O) groups is 1. The molecule has 0 aliphatic heterocycles. The number of hydrogen-bond acceptors (Lipinski definition) is 3. The average Bonchev–Trinajstić information content (AvgIpc) is 2.88. The molecule has 4 heteroatoms. The Bertz CT molecular complexity index is 259. The molecule has 1 fully saturated rings. The Hall–Kier alpha value is -0.610. The molecule has 1 rings (SSSR count). The zero-order valence-electron chi connectivity index (χ0n) is 12.0. The molecule has 1 aliphatic carbocycles. The number of hydrogen-bond donors (Lipinski definition) is 2. The first kappa shape index (κ1) is 15.4. The van der Waals surface area contributed by atoms with E-state index in [-0.39, 0.29) is 11.4 Å². The summed E-state index contributed by atoms with van der Waals surface area (Å²) in [7, 11) is 0. The Balaban J connectivity index is 2.30. The molecule has 0 aromatic heterocycles. The topological polar surface area (TPSA) is 64.3 Å². The van der Waals surface area contributed by atoms with Crippen molar-refractivity contribution in [1.82, 2.24) is 5.32 Å². The molecule has 4 nitrogen and oxygen atoms in total. The summed E-state index contributed by atoms with van der Waals surface area (Å²) in [6.45, 7) is 6.35. The van der Waals surface area contributed by atoms with Crippen LogP contribution in [0.2, 0.25) is 0 Å². The molecule has 106 valence electrons. The first-order valence-electron chi connectivity index (χ1n) is 7.21. The van der Waals surface area contributed by atoms with E-state index in [4.69, 9.17) is 10.5 Å². The lowest BCUT2D eigenvalue weighted by Crippen LogP contribution is -2.47. The number of rotatable bonds is 7. The molecule has 1 atom stereocenters. The van der Waals surface area contributed by atoms with Crippen LogP contribution in [0.25, 0.3) is 0 Å². The van der Waals surface area contributed by atoms with E-state index in [1.165, 1.54) is 12.8 Å². The molecule has 0 aromatic rings. The maximum atomic E-state index is 11.9. The number of nitrogens with two attached hydrogens (primary N) is 1. The third kappa shape index (κ3) is 4.58.